The second kappa shape index (κ2) is 7.40. The van der Waals surface area contributed by atoms with Gasteiger partial charge in [-0.3, -0.25) is 9.59 Å². The van der Waals surface area contributed by atoms with Crippen LogP contribution in [0, 0.1) is 6.92 Å². The van der Waals surface area contributed by atoms with E-state index in [1.807, 2.05) is 30.3 Å². The van der Waals surface area contributed by atoms with Gasteiger partial charge in [0.1, 0.15) is 5.76 Å². The summed E-state index contributed by atoms with van der Waals surface area (Å²) in [6, 6.07) is 14.1. The van der Waals surface area contributed by atoms with Crippen LogP contribution in [-0.2, 0) is 9.84 Å². The fourth-order valence-corrected chi connectivity index (χ4v) is 5.30. The monoisotopic (exact) mass is 425 g/mol. The van der Waals surface area contributed by atoms with E-state index in [0.29, 0.717) is 29.6 Å². The number of nitrogens with one attached hydrogen (secondary N) is 1. The molecule has 7 heteroatoms. The number of benzene rings is 2. The number of hydrogen-bond acceptors (Lipinski definition) is 5. The van der Waals surface area contributed by atoms with E-state index in [1.54, 1.807) is 25.1 Å². The summed E-state index contributed by atoms with van der Waals surface area (Å²) in [5, 5.41) is 3.07. The van der Waals surface area contributed by atoms with Crippen molar-refractivity contribution in [3.8, 4) is 11.3 Å². The molecule has 1 aliphatic rings. The smallest absolute Gasteiger partial charge is 0.255 e. The summed E-state index contributed by atoms with van der Waals surface area (Å²) in [5.41, 5.74) is 1.43. The molecule has 1 fully saturated rings. The first-order chi connectivity index (χ1) is 14.2. The number of carbonyl (C=O) groups excluding carboxylic acids is 1. The van der Waals surface area contributed by atoms with Crippen LogP contribution in [0.1, 0.15) is 35.2 Å². The Morgan fingerprint density at radius 2 is 1.80 bits per heavy atom. The van der Waals surface area contributed by atoms with Crippen molar-refractivity contribution >= 4 is 26.7 Å². The summed E-state index contributed by atoms with van der Waals surface area (Å²) in [6.07, 6.45) is 3.11. The van der Waals surface area contributed by atoms with Gasteiger partial charge in [0.25, 0.3) is 5.91 Å². The third kappa shape index (κ3) is 3.33. The van der Waals surface area contributed by atoms with E-state index in [-0.39, 0.29) is 23.1 Å². The number of rotatable bonds is 5. The Morgan fingerprint density at radius 1 is 1.10 bits per heavy atom. The van der Waals surface area contributed by atoms with E-state index < -0.39 is 20.5 Å². The van der Waals surface area contributed by atoms with Crippen LogP contribution in [0.4, 0.5) is 0 Å². The van der Waals surface area contributed by atoms with Crippen molar-refractivity contribution in [3.05, 3.63) is 69.9 Å². The molecule has 1 N–H and O–H groups in total. The molecule has 1 amide bonds. The predicted octanol–water partition coefficient (Wildman–Crippen LogP) is 3.47. The summed E-state index contributed by atoms with van der Waals surface area (Å²) < 4.78 is 29.5. The number of amides is 1. The van der Waals surface area contributed by atoms with Crippen molar-refractivity contribution < 1.29 is 17.6 Å². The minimum atomic E-state index is -3.29. The fraction of sp³-hybridized carbons (Fsp3) is 0.304. The number of para-hydroxylation sites is 1. The van der Waals surface area contributed by atoms with E-state index in [4.69, 9.17) is 4.42 Å². The van der Waals surface area contributed by atoms with Gasteiger partial charge in [-0.15, -0.1) is 0 Å². The standard InChI is InChI=1S/C23H23NO5S/c1-15-19(25)17-10-6-11-18(21(17)29-20(15)16-8-4-3-5-9-16)22(26)24-14-23(12-7-13-23)30(2,27)28/h3-6,8-11H,7,12-14H2,1-2H3,(H,24,26). The van der Waals surface area contributed by atoms with Gasteiger partial charge in [0.2, 0.25) is 0 Å². The van der Waals surface area contributed by atoms with Gasteiger partial charge in [-0.1, -0.05) is 42.8 Å². The Hall–Kier alpha value is -2.93. The molecular weight excluding hydrogens is 402 g/mol. The molecule has 1 saturated carbocycles. The maximum absolute atomic E-state index is 12.9. The first kappa shape index (κ1) is 20.3. The maximum Gasteiger partial charge on any atom is 0.255 e. The van der Waals surface area contributed by atoms with Crippen molar-refractivity contribution in [2.45, 2.75) is 30.9 Å². The zero-order chi connectivity index (χ0) is 21.5. The molecule has 1 aromatic heterocycles. The lowest BCUT2D eigenvalue weighted by molar-refractivity contribution is 0.0943. The van der Waals surface area contributed by atoms with Crippen LogP contribution in [0.2, 0.25) is 0 Å². The average molecular weight is 426 g/mol. The Balaban J connectivity index is 1.75. The Kier molecular flexibility index (Phi) is 5.02. The third-order valence-corrected chi connectivity index (χ3v) is 8.17. The number of hydrogen-bond donors (Lipinski definition) is 1. The van der Waals surface area contributed by atoms with Gasteiger partial charge in [-0.05, 0) is 31.9 Å². The topological polar surface area (TPSA) is 93.4 Å². The van der Waals surface area contributed by atoms with Crippen molar-refractivity contribution in [1.29, 1.82) is 0 Å². The van der Waals surface area contributed by atoms with Gasteiger partial charge in [0.15, 0.2) is 20.8 Å². The highest BCUT2D eigenvalue weighted by Crippen LogP contribution is 2.38. The summed E-state index contributed by atoms with van der Waals surface area (Å²) in [7, 11) is -3.29. The molecule has 0 radical (unpaired) electrons. The molecule has 0 aliphatic heterocycles. The molecule has 0 unspecified atom stereocenters. The molecule has 6 nitrogen and oxygen atoms in total. The summed E-state index contributed by atoms with van der Waals surface area (Å²) in [6.45, 7) is 1.75. The van der Waals surface area contributed by atoms with E-state index in [0.717, 1.165) is 12.0 Å². The van der Waals surface area contributed by atoms with Gasteiger partial charge < -0.3 is 9.73 Å². The molecule has 4 rings (SSSR count). The Morgan fingerprint density at radius 3 is 2.40 bits per heavy atom. The van der Waals surface area contributed by atoms with E-state index in [9.17, 15) is 18.0 Å². The zero-order valence-electron chi connectivity index (χ0n) is 16.9. The van der Waals surface area contributed by atoms with E-state index >= 15 is 0 Å². The minimum Gasteiger partial charge on any atom is -0.455 e. The second-order valence-electron chi connectivity index (χ2n) is 7.93. The predicted molar refractivity (Wildman–Crippen MR) is 116 cm³/mol. The average Bonchev–Trinajstić information content (AvgIpc) is 2.69. The van der Waals surface area contributed by atoms with Crippen LogP contribution in [0.3, 0.4) is 0 Å². The highest BCUT2D eigenvalue weighted by atomic mass is 32.2. The normalized spacial score (nSPS) is 15.5. The fourth-order valence-electron chi connectivity index (χ4n) is 3.94. The van der Waals surface area contributed by atoms with Crippen molar-refractivity contribution in [3.63, 3.8) is 0 Å². The molecular formula is C23H23NO5S. The second-order valence-corrected chi connectivity index (χ2v) is 10.3. The van der Waals surface area contributed by atoms with Crippen molar-refractivity contribution in [2.24, 2.45) is 0 Å². The molecule has 0 spiro atoms. The van der Waals surface area contributed by atoms with Gasteiger partial charge >= 0.3 is 0 Å². The van der Waals surface area contributed by atoms with Crippen LogP contribution in [0.5, 0.6) is 0 Å². The van der Waals surface area contributed by atoms with Crippen LogP contribution in [-0.4, -0.2) is 31.9 Å². The molecule has 1 aliphatic carbocycles. The largest absolute Gasteiger partial charge is 0.455 e. The van der Waals surface area contributed by atoms with Gasteiger partial charge in [0, 0.05) is 23.9 Å². The Labute approximate surface area is 174 Å². The Bertz CT molecular complexity index is 1290. The van der Waals surface area contributed by atoms with Crippen molar-refractivity contribution in [1.82, 2.24) is 5.32 Å². The summed E-state index contributed by atoms with van der Waals surface area (Å²) in [5.74, 6) is -0.0403. The number of sulfone groups is 1. The molecule has 30 heavy (non-hydrogen) atoms. The molecule has 1 heterocycles. The highest BCUT2D eigenvalue weighted by Gasteiger charge is 2.46. The van der Waals surface area contributed by atoms with E-state index in [2.05, 4.69) is 5.32 Å². The van der Waals surface area contributed by atoms with Gasteiger partial charge in [-0.25, -0.2) is 8.42 Å². The molecule has 156 valence electrons. The van der Waals surface area contributed by atoms with Crippen LogP contribution in [0.15, 0.2) is 57.7 Å². The molecule has 0 atom stereocenters. The molecule has 0 bridgehead atoms. The first-order valence-corrected chi connectivity index (χ1v) is 11.7. The van der Waals surface area contributed by atoms with Gasteiger partial charge in [-0.2, -0.15) is 0 Å². The van der Waals surface area contributed by atoms with Crippen LogP contribution >= 0.6 is 0 Å². The molecule has 0 saturated heterocycles. The summed E-state index contributed by atoms with van der Waals surface area (Å²) in [4.78, 5) is 25.9. The number of fused-ring (bicyclic) bond motifs is 1. The number of carbonyl (C=O) groups is 1. The van der Waals surface area contributed by atoms with Gasteiger partial charge in [0.05, 0.1) is 15.7 Å². The first-order valence-electron chi connectivity index (χ1n) is 9.83. The minimum absolute atomic E-state index is 0.0443. The van der Waals surface area contributed by atoms with Crippen LogP contribution in [0.25, 0.3) is 22.3 Å². The van der Waals surface area contributed by atoms with Crippen LogP contribution < -0.4 is 10.7 Å². The zero-order valence-corrected chi connectivity index (χ0v) is 17.7. The molecule has 2 aromatic carbocycles. The van der Waals surface area contributed by atoms with Crippen molar-refractivity contribution in [2.75, 3.05) is 12.8 Å². The lowest BCUT2D eigenvalue weighted by atomic mass is 9.84. The third-order valence-electron chi connectivity index (χ3n) is 6.05. The lowest BCUT2D eigenvalue weighted by Crippen LogP contribution is -2.53. The lowest BCUT2D eigenvalue weighted by Gasteiger charge is -2.39. The summed E-state index contributed by atoms with van der Waals surface area (Å²) >= 11 is 0. The quantitative estimate of drug-likeness (QED) is 0.676. The molecule has 3 aromatic rings. The SMILES string of the molecule is Cc1c(-c2ccccc2)oc2c(C(=O)NCC3(S(C)(=O)=O)CCC3)cccc2c1=O. The maximum atomic E-state index is 12.9. The highest BCUT2D eigenvalue weighted by molar-refractivity contribution is 7.92. The van der Waals surface area contributed by atoms with E-state index in [1.165, 1.54) is 6.26 Å².